The van der Waals surface area contributed by atoms with Crippen LogP contribution >= 0.6 is 0 Å². The van der Waals surface area contributed by atoms with E-state index in [1.807, 2.05) is 6.07 Å². The van der Waals surface area contributed by atoms with E-state index in [0.717, 1.165) is 11.1 Å². The van der Waals surface area contributed by atoms with Crippen molar-refractivity contribution in [1.29, 1.82) is 0 Å². The minimum Gasteiger partial charge on any atom is -0.493 e. The van der Waals surface area contributed by atoms with Crippen LogP contribution in [0.1, 0.15) is 31.8 Å². The number of aromatic carboxylic acids is 1. The van der Waals surface area contributed by atoms with Crippen LogP contribution in [-0.4, -0.2) is 37.5 Å². The van der Waals surface area contributed by atoms with E-state index in [1.165, 1.54) is 13.2 Å². The third kappa shape index (κ3) is 5.70. The first kappa shape index (κ1) is 21.6. The molecule has 0 heterocycles. The van der Waals surface area contributed by atoms with Crippen molar-refractivity contribution in [2.75, 3.05) is 14.2 Å². The van der Waals surface area contributed by atoms with Crippen molar-refractivity contribution in [3.63, 3.8) is 0 Å². The Kier molecular flexibility index (Phi) is 7.01. The van der Waals surface area contributed by atoms with Gasteiger partial charge in [0.05, 0.1) is 31.0 Å². The van der Waals surface area contributed by atoms with Crippen molar-refractivity contribution in [3.05, 3.63) is 89.0 Å². The number of hydrogen-bond donors (Lipinski definition) is 1. The summed E-state index contributed by atoms with van der Waals surface area (Å²) < 4.78 is 15.9. The molecule has 0 aliphatic rings. The molecule has 31 heavy (non-hydrogen) atoms. The van der Waals surface area contributed by atoms with Crippen molar-refractivity contribution >= 4 is 23.8 Å². The maximum atomic E-state index is 11.5. The van der Waals surface area contributed by atoms with E-state index >= 15 is 0 Å². The van der Waals surface area contributed by atoms with Gasteiger partial charge in [0.1, 0.15) is 6.61 Å². The first-order chi connectivity index (χ1) is 15.0. The van der Waals surface area contributed by atoms with Crippen molar-refractivity contribution in [3.8, 4) is 11.5 Å². The number of ether oxygens (including phenoxy) is 3. The van der Waals surface area contributed by atoms with Gasteiger partial charge in [0, 0.05) is 6.21 Å². The molecule has 0 bridgehead atoms. The third-order valence-corrected chi connectivity index (χ3v) is 4.41. The van der Waals surface area contributed by atoms with Crippen molar-refractivity contribution < 1.29 is 28.9 Å². The largest absolute Gasteiger partial charge is 0.493 e. The van der Waals surface area contributed by atoms with Crippen LogP contribution in [0.3, 0.4) is 0 Å². The maximum Gasteiger partial charge on any atom is 0.337 e. The Balaban J connectivity index is 1.69. The number of carbonyl (C=O) groups excluding carboxylic acids is 1. The second-order valence-electron chi connectivity index (χ2n) is 6.50. The van der Waals surface area contributed by atoms with Gasteiger partial charge >= 0.3 is 11.9 Å². The summed E-state index contributed by atoms with van der Waals surface area (Å²) in [5.74, 6) is -0.323. The number of aliphatic imine (C=N–C) groups is 1. The first-order valence-electron chi connectivity index (χ1n) is 9.35. The minimum atomic E-state index is -0.983. The zero-order valence-electron chi connectivity index (χ0n) is 17.1. The van der Waals surface area contributed by atoms with Crippen LogP contribution in [0.5, 0.6) is 11.5 Å². The fraction of sp³-hybridized carbons (Fsp3) is 0.125. The lowest BCUT2D eigenvalue weighted by molar-refractivity contribution is 0.0600. The molecule has 3 aromatic rings. The Morgan fingerprint density at radius 3 is 2.39 bits per heavy atom. The molecule has 158 valence electrons. The lowest BCUT2D eigenvalue weighted by atomic mass is 10.1. The topological polar surface area (TPSA) is 94.4 Å². The molecule has 0 fully saturated rings. The average Bonchev–Trinajstić information content (AvgIpc) is 2.81. The normalized spacial score (nSPS) is 10.6. The van der Waals surface area contributed by atoms with Crippen LogP contribution in [0.4, 0.5) is 5.69 Å². The molecule has 0 saturated carbocycles. The van der Waals surface area contributed by atoms with Crippen LogP contribution in [0, 0.1) is 0 Å². The highest BCUT2D eigenvalue weighted by Gasteiger charge is 2.08. The van der Waals surface area contributed by atoms with E-state index in [9.17, 15) is 9.59 Å². The van der Waals surface area contributed by atoms with Gasteiger partial charge in [-0.1, -0.05) is 12.1 Å². The van der Waals surface area contributed by atoms with Crippen LogP contribution in [-0.2, 0) is 11.3 Å². The Morgan fingerprint density at radius 1 is 0.935 bits per heavy atom. The lowest BCUT2D eigenvalue weighted by Crippen LogP contribution is -2.01. The highest BCUT2D eigenvalue weighted by molar-refractivity contribution is 5.90. The Bertz CT molecular complexity index is 1110. The molecule has 0 aromatic heterocycles. The molecule has 0 aliphatic carbocycles. The number of carboxylic acid groups (broad SMARTS) is 1. The minimum absolute atomic E-state index is 0.206. The second-order valence-corrected chi connectivity index (χ2v) is 6.50. The SMILES string of the molecule is COC(=O)c1ccc(N=Cc2ccc(OCc3cccc(C(=O)O)c3)c(OC)c2)cc1. The van der Waals surface area contributed by atoms with Crippen LogP contribution < -0.4 is 9.47 Å². The van der Waals surface area contributed by atoms with Gasteiger partial charge in [-0.15, -0.1) is 0 Å². The van der Waals surface area contributed by atoms with Crippen LogP contribution in [0.25, 0.3) is 0 Å². The number of carboxylic acids is 1. The summed E-state index contributed by atoms with van der Waals surface area (Å²) in [5.41, 5.74) is 2.89. The Labute approximate surface area is 179 Å². The highest BCUT2D eigenvalue weighted by atomic mass is 16.5. The van der Waals surface area contributed by atoms with E-state index < -0.39 is 11.9 Å². The first-order valence-corrected chi connectivity index (χ1v) is 9.35. The Morgan fingerprint density at radius 2 is 1.71 bits per heavy atom. The molecular formula is C24H21NO6. The summed E-state index contributed by atoms with van der Waals surface area (Å²) in [5, 5.41) is 9.10. The number of benzene rings is 3. The van der Waals surface area contributed by atoms with E-state index in [1.54, 1.807) is 67.9 Å². The molecule has 7 heteroatoms. The standard InChI is InChI=1S/C24H21NO6/c1-29-22-13-16(14-25-20-9-7-18(8-10-20)24(28)30-2)6-11-21(22)31-15-17-4-3-5-19(12-17)23(26)27/h3-14H,15H2,1-2H3,(H,26,27). The van der Waals surface area contributed by atoms with E-state index in [2.05, 4.69) is 9.73 Å². The van der Waals surface area contributed by atoms with Crippen LogP contribution in [0.2, 0.25) is 0 Å². The maximum absolute atomic E-state index is 11.5. The predicted octanol–water partition coefficient (Wildman–Crippen LogP) is 4.51. The molecule has 3 rings (SSSR count). The molecule has 0 atom stereocenters. The van der Waals surface area contributed by atoms with Gasteiger partial charge in [-0.3, -0.25) is 4.99 Å². The van der Waals surface area contributed by atoms with Gasteiger partial charge in [0.15, 0.2) is 11.5 Å². The quantitative estimate of drug-likeness (QED) is 0.426. The number of carbonyl (C=O) groups is 2. The smallest absolute Gasteiger partial charge is 0.337 e. The van der Waals surface area contributed by atoms with Gasteiger partial charge in [-0.05, 0) is 65.7 Å². The third-order valence-electron chi connectivity index (χ3n) is 4.41. The summed E-state index contributed by atoms with van der Waals surface area (Å²) in [4.78, 5) is 27.0. The van der Waals surface area contributed by atoms with Gasteiger partial charge in [-0.2, -0.15) is 0 Å². The molecule has 0 spiro atoms. The number of esters is 1. The van der Waals surface area contributed by atoms with Gasteiger partial charge in [0.2, 0.25) is 0 Å². The molecule has 0 aliphatic heterocycles. The van der Waals surface area contributed by atoms with Gasteiger partial charge in [-0.25, -0.2) is 9.59 Å². The van der Waals surface area contributed by atoms with Crippen molar-refractivity contribution in [2.24, 2.45) is 4.99 Å². The van der Waals surface area contributed by atoms with Gasteiger partial charge < -0.3 is 19.3 Å². The fourth-order valence-electron chi connectivity index (χ4n) is 2.79. The second kappa shape index (κ2) is 10.1. The molecule has 7 nitrogen and oxygen atoms in total. The average molecular weight is 419 g/mol. The molecule has 0 saturated heterocycles. The van der Waals surface area contributed by atoms with Crippen molar-refractivity contribution in [1.82, 2.24) is 0 Å². The van der Waals surface area contributed by atoms with Crippen molar-refractivity contribution in [2.45, 2.75) is 6.61 Å². The molecule has 1 N–H and O–H groups in total. The monoisotopic (exact) mass is 419 g/mol. The number of hydrogen-bond acceptors (Lipinski definition) is 6. The predicted molar refractivity (Wildman–Crippen MR) is 116 cm³/mol. The summed E-state index contributed by atoms with van der Waals surface area (Å²) >= 11 is 0. The summed E-state index contributed by atoms with van der Waals surface area (Å²) in [6.07, 6.45) is 1.68. The number of nitrogens with zero attached hydrogens (tertiary/aromatic N) is 1. The highest BCUT2D eigenvalue weighted by Crippen LogP contribution is 2.28. The summed E-state index contributed by atoms with van der Waals surface area (Å²) in [6, 6.07) is 18.7. The summed E-state index contributed by atoms with van der Waals surface area (Å²) in [7, 11) is 2.88. The zero-order valence-corrected chi connectivity index (χ0v) is 17.1. The van der Waals surface area contributed by atoms with E-state index in [-0.39, 0.29) is 12.2 Å². The molecular weight excluding hydrogens is 398 g/mol. The molecule has 3 aromatic carbocycles. The fourth-order valence-corrected chi connectivity index (χ4v) is 2.79. The molecule has 0 amide bonds. The zero-order chi connectivity index (χ0) is 22.2. The Hall–Kier alpha value is -4.13. The van der Waals surface area contributed by atoms with Crippen LogP contribution in [0.15, 0.2) is 71.7 Å². The van der Waals surface area contributed by atoms with E-state index in [4.69, 9.17) is 14.6 Å². The number of rotatable bonds is 8. The molecule has 0 unspecified atom stereocenters. The molecule has 0 radical (unpaired) electrons. The number of methoxy groups -OCH3 is 2. The lowest BCUT2D eigenvalue weighted by Gasteiger charge is -2.11. The van der Waals surface area contributed by atoms with Gasteiger partial charge in [0.25, 0.3) is 0 Å². The summed E-state index contributed by atoms with van der Waals surface area (Å²) in [6.45, 7) is 0.206. The van der Waals surface area contributed by atoms with E-state index in [0.29, 0.717) is 22.7 Å².